The molecule has 0 saturated carbocycles. The molecule has 0 unspecified atom stereocenters. The van der Waals surface area contributed by atoms with E-state index in [4.69, 9.17) is 16.9 Å². The SMILES string of the molecule is CSc1c(/N=C/N(C)C)nc(Cl)c(C#N)c1C. The predicted octanol–water partition coefficient (Wildman–Crippen LogP) is 2.86. The van der Waals surface area contributed by atoms with Gasteiger partial charge in [-0.1, -0.05) is 11.6 Å². The van der Waals surface area contributed by atoms with Crippen LogP contribution in [0.3, 0.4) is 0 Å². The molecule has 0 saturated heterocycles. The summed E-state index contributed by atoms with van der Waals surface area (Å²) >= 11 is 7.46. The minimum atomic E-state index is 0.203. The normalized spacial score (nSPS) is 10.6. The molecule has 6 heteroatoms. The van der Waals surface area contributed by atoms with Gasteiger partial charge < -0.3 is 4.90 Å². The maximum absolute atomic E-state index is 9.00. The van der Waals surface area contributed by atoms with Gasteiger partial charge in [0.25, 0.3) is 0 Å². The monoisotopic (exact) mass is 268 g/mol. The zero-order valence-electron chi connectivity index (χ0n) is 10.2. The second-order valence-corrected chi connectivity index (χ2v) is 4.75. The van der Waals surface area contributed by atoms with Gasteiger partial charge in [0.05, 0.1) is 16.8 Å². The molecule has 0 aliphatic heterocycles. The molecule has 0 atom stereocenters. The summed E-state index contributed by atoms with van der Waals surface area (Å²) in [5.41, 5.74) is 1.24. The summed E-state index contributed by atoms with van der Waals surface area (Å²) in [6.45, 7) is 1.85. The van der Waals surface area contributed by atoms with Crippen LogP contribution in [-0.4, -0.2) is 36.6 Å². The fourth-order valence-corrected chi connectivity index (χ4v) is 2.22. The molecule has 1 aromatic heterocycles. The lowest BCUT2D eigenvalue weighted by Crippen LogP contribution is -2.07. The minimum Gasteiger partial charge on any atom is -0.369 e. The van der Waals surface area contributed by atoms with E-state index in [9.17, 15) is 0 Å². The van der Waals surface area contributed by atoms with Crippen molar-refractivity contribution < 1.29 is 0 Å². The van der Waals surface area contributed by atoms with Crippen LogP contribution >= 0.6 is 23.4 Å². The largest absolute Gasteiger partial charge is 0.369 e. The number of halogens is 1. The minimum absolute atomic E-state index is 0.203. The Morgan fingerprint density at radius 1 is 1.53 bits per heavy atom. The number of hydrogen-bond donors (Lipinski definition) is 0. The highest BCUT2D eigenvalue weighted by molar-refractivity contribution is 7.98. The molecule has 0 aromatic carbocycles. The first-order valence-corrected chi connectivity index (χ1v) is 6.46. The van der Waals surface area contributed by atoms with E-state index in [0.29, 0.717) is 11.4 Å². The average Bonchev–Trinajstić information content (AvgIpc) is 2.26. The summed E-state index contributed by atoms with van der Waals surface area (Å²) in [6.07, 6.45) is 3.58. The lowest BCUT2D eigenvalue weighted by atomic mass is 10.2. The number of nitriles is 1. The van der Waals surface area contributed by atoms with Gasteiger partial charge in [0, 0.05) is 14.1 Å². The molecule has 90 valence electrons. The summed E-state index contributed by atoms with van der Waals surface area (Å²) in [5.74, 6) is 0.549. The Balaban J connectivity index is 3.38. The van der Waals surface area contributed by atoms with Crippen molar-refractivity contribution in [1.29, 1.82) is 5.26 Å². The fourth-order valence-electron chi connectivity index (χ4n) is 1.27. The van der Waals surface area contributed by atoms with E-state index in [1.165, 1.54) is 11.8 Å². The molecule has 0 N–H and O–H groups in total. The van der Waals surface area contributed by atoms with Crippen molar-refractivity contribution in [3.05, 3.63) is 16.3 Å². The second kappa shape index (κ2) is 5.89. The van der Waals surface area contributed by atoms with Crippen molar-refractivity contribution in [2.45, 2.75) is 11.8 Å². The molecule has 1 rings (SSSR count). The average molecular weight is 269 g/mol. The molecule has 0 amide bonds. The Morgan fingerprint density at radius 3 is 2.65 bits per heavy atom. The maximum atomic E-state index is 9.00. The summed E-state index contributed by atoms with van der Waals surface area (Å²) in [5, 5.41) is 9.20. The van der Waals surface area contributed by atoms with E-state index in [1.807, 2.05) is 32.2 Å². The first-order chi connectivity index (χ1) is 8.01. The number of pyridine rings is 1. The molecular formula is C11H13ClN4S. The highest BCUT2D eigenvalue weighted by Crippen LogP contribution is 2.34. The van der Waals surface area contributed by atoms with Crippen LogP contribution in [0.5, 0.6) is 0 Å². The van der Waals surface area contributed by atoms with E-state index in [0.717, 1.165) is 10.5 Å². The van der Waals surface area contributed by atoms with Gasteiger partial charge in [-0.3, -0.25) is 0 Å². The van der Waals surface area contributed by atoms with E-state index < -0.39 is 0 Å². The van der Waals surface area contributed by atoms with Crippen molar-refractivity contribution in [2.24, 2.45) is 4.99 Å². The summed E-state index contributed by atoms with van der Waals surface area (Å²) in [7, 11) is 3.75. The smallest absolute Gasteiger partial charge is 0.169 e. The quantitative estimate of drug-likeness (QED) is 0.366. The van der Waals surface area contributed by atoms with Gasteiger partial charge in [0.1, 0.15) is 11.2 Å². The van der Waals surface area contributed by atoms with E-state index in [1.54, 1.807) is 6.34 Å². The Morgan fingerprint density at radius 2 is 2.18 bits per heavy atom. The van der Waals surface area contributed by atoms with Gasteiger partial charge in [0.15, 0.2) is 5.82 Å². The van der Waals surface area contributed by atoms with E-state index >= 15 is 0 Å². The lowest BCUT2D eigenvalue weighted by Gasteiger charge is -2.09. The number of aliphatic imine (C=N–C) groups is 1. The highest BCUT2D eigenvalue weighted by atomic mass is 35.5. The van der Waals surface area contributed by atoms with Gasteiger partial charge in [-0.25, -0.2) is 9.98 Å². The van der Waals surface area contributed by atoms with Crippen LogP contribution in [-0.2, 0) is 0 Å². The molecule has 1 aromatic rings. The molecule has 4 nitrogen and oxygen atoms in total. The molecule has 0 aliphatic carbocycles. The first-order valence-electron chi connectivity index (χ1n) is 4.86. The zero-order valence-corrected chi connectivity index (χ0v) is 11.7. The van der Waals surface area contributed by atoms with Gasteiger partial charge in [0.2, 0.25) is 0 Å². The number of nitrogens with zero attached hydrogens (tertiary/aromatic N) is 4. The van der Waals surface area contributed by atoms with Crippen molar-refractivity contribution in [3.8, 4) is 6.07 Å². The number of rotatable bonds is 3. The van der Waals surface area contributed by atoms with Crippen LogP contribution in [0.25, 0.3) is 0 Å². The summed E-state index contributed by atoms with van der Waals surface area (Å²) < 4.78 is 0. The molecule has 1 heterocycles. The number of aromatic nitrogens is 1. The van der Waals surface area contributed by atoms with Crippen molar-refractivity contribution in [1.82, 2.24) is 9.88 Å². The molecule has 0 aliphatic rings. The second-order valence-electron chi connectivity index (χ2n) is 3.58. The molecule has 0 radical (unpaired) electrons. The Hall–Kier alpha value is -1.25. The third kappa shape index (κ3) is 3.11. The molecule has 17 heavy (non-hydrogen) atoms. The van der Waals surface area contributed by atoms with Gasteiger partial charge in [-0.15, -0.1) is 11.8 Å². The van der Waals surface area contributed by atoms with Crippen molar-refractivity contribution in [2.75, 3.05) is 20.4 Å². The number of thioether (sulfide) groups is 1. The Labute approximate surface area is 110 Å². The molecule has 0 spiro atoms. The third-order valence-corrected chi connectivity index (χ3v) is 3.23. The molecule has 0 bridgehead atoms. The third-order valence-electron chi connectivity index (χ3n) is 2.06. The Kier molecular flexibility index (Phi) is 4.79. The van der Waals surface area contributed by atoms with Crippen molar-refractivity contribution >= 4 is 35.5 Å². The van der Waals surface area contributed by atoms with Crippen LogP contribution in [0, 0.1) is 18.3 Å². The van der Waals surface area contributed by atoms with Gasteiger partial charge in [-0.05, 0) is 18.7 Å². The van der Waals surface area contributed by atoms with Crippen LogP contribution < -0.4 is 0 Å². The summed E-state index contributed by atoms with van der Waals surface area (Å²) in [4.78, 5) is 11.1. The van der Waals surface area contributed by atoms with Gasteiger partial charge >= 0.3 is 0 Å². The maximum Gasteiger partial charge on any atom is 0.169 e. The zero-order chi connectivity index (χ0) is 13.0. The number of hydrogen-bond acceptors (Lipinski definition) is 4. The van der Waals surface area contributed by atoms with Crippen LogP contribution in [0.4, 0.5) is 5.82 Å². The fraction of sp³-hybridized carbons (Fsp3) is 0.364. The standard InChI is InChI=1S/C11H13ClN4S/c1-7-8(5-13)10(12)15-11(9(7)17-4)14-6-16(2)3/h6H,1-4H3/b14-6+. The Bertz CT molecular complexity index is 491. The van der Waals surface area contributed by atoms with Crippen LogP contribution in [0.15, 0.2) is 9.89 Å². The van der Waals surface area contributed by atoms with Crippen molar-refractivity contribution in [3.63, 3.8) is 0 Å². The van der Waals surface area contributed by atoms with Crippen LogP contribution in [0.2, 0.25) is 5.15 Å². The van der Waals surface area contributed by atoms with Gasteiger partial charge in [-0.2, -0.15) is 5.26 Å². The molecule has 0 fully saturated rings. The predicted molar refractivity (Wildman–Crippen MR) is 72.3 cm³/mol. The van der Waals surface area contributed by atoms with Crippen LogP contribution in [0.1, 0.15) is 11.1 Å². The van der Waals surface area contributed by atoms with E-state index in [-0.39, 0.29) is 5.15 Å². The topological polar surface area (TPSA) is 52.3 Å². The first kappa shape index (κ1) is 13.8. The highest BCUT2D eigenvalue weighted by Gasteiger charge is 2.14. The molecular weight excluding hydrogens is 256 g/mol. The van der Waals surface area contributed by atoms with E-state index in [2.05, 4.69) is 16.0 Å². The summed E-state index contributed by atoms with van der Waals surface area (Å²) in [6, 6.07) is 2.06. The lowest BCUT2D eigenvalue weighted by molar-refractivity contribution is 0.642.